The van der Waals surface area contributed by atoms with Gasteiger partial charge in [-0.05, 0) is 37.5 Å². The van der Waals surface area contributed by atoms with Gasteiger partial charge in [-0.1, -0.05) is 6.92 Å². The lowest BCUT2D eigenvalue weighted by atomic mass is 9.98. The van der Waals surface area contributed by atoms with Gasteiger partial charge in [-0.3, -0.25) is 9.59 Å². The average Bonchev–Trinajstić information content (AvgIpc) is 2.86. The lowest BCUT2D eigenvalue weighted by Crippen LogP contribution is -2.47. The van der Waals surface area contributed by atoms with Gasteiger partial charge in [0.05, 0.1) is 41.4 Å². The maximum atomic E-state index is 13.4. The standard InChI is InChI=1S/C25H35N3O6/c1-16-22(32-5)14-28(3)25(30)19-12-17(13-26)6-8-20(19)33-15-23-21(31-4)9-7-18(34-23)10-11-27(2)24(16)29/h6,8,12,16,18,21-23H,7,9-11,14-15H2,1-5H3/t16-,18-,21+,22+,23+/m1/s1. The third-order valence-corrected chi connectivity index (χ3v) is 6.81. The summed E-state index contributed by atoms with van der Waals surface area (Å²) >= 11 is 0. The number of hydrogen-bond donors (Lipinski definition) is 0. The van der Waals surface area contributed by atoms with Gasteiger partial charge in [-0.25, -0.2) is 0 Å². The molecule has 5 atom stereocenters. The number of amides is 2. The zero-order valence-electron chi connectivity index (χ0n) is 20.7. The summed E-state index contributed by atoms with van der Waals surface area (Å²) in [4.78, 5) is 29.7. The minimum atomic E-state index is -0.488. The molecule has 0 N–H and O–H groups in total. The van der Waals surface area contributed by atoms with Gasteiger partial charge in [0, 0.05) is 41.4 Å². The summed E-state index contributed by atoms with van der Waals surface area (Å²) in [5.74, 6) is -0.434. The highest BCUT2D eigenvalue weighted by Crippen LogP contribution is 2.28. The fourth-order valence-electron chi connectivity index (χ4n) is 4.58. The van der Waals surface area contributed by atoms with Crippen LogP contribution in [0.25, 0.3) is 0 Å². The summed E-state index contributed by atoms with van der Waals surface area (Å²) in [6, 6.07) is 6.86. The number of ether oxygens (including phenoxy) is 4. The Bertz CT molecular complexity index is 916. The van der Waals surface area contributed by atoms with Crippen LogP contribution in [-0.2, 0) is 19.0 Å². The maximum Gasteiger partial charge on any atom is 0.257 e. The second-order valence-electron chi connectivity index (χ2n) is 9.08. The van der Waals surface area contributed by atoms with Crippen molar-refractivity contribution in [1.82, 2.24) is 9.80 Å². The predicted molar refractivity (Wildman–Crippen MR) is 125 cm³/mol. The Balaban J connectivity index is 1.96. The second kappa shape index (κ2) is 11.6. The molecule has 186 valence electrons. The molecular weight excluding hydrogens is 438 g/mol. The van der Waals surface area contributed by atoms with Crippen LogP contribution in [-0.4, -0.2) is 94.0 Å². The molecule has 2 bridgehead atoms. The number of carbonyl (C=O) groups excluding carboxylic acids is 2. The number of nitriles is 1. The molecule has 2 aliphatic rings. The van der Waals surface area contributed by atoms with Crippen LogP contribution in [0.15, 0.2) is 18.2 Å². The first kappa shape index (κ1) is 25.9. The van der Waals surface area contributed by atoms with Gasteiger partial charge in [0.1, 0.15) is 18.5 Å². The van der Waals surface area contributed by atoms with Crippen molar-refractivity contribution in [3.63, 3.8) is 0 Å². The smallest absolute Gasteiger partial charge is 0.257 e. The Labute approximate surface area is 201 Å². The molecule has 1 saturated heterocycles. The normalized spacial score (nSPS) is 29.2. The molecule has 2 amide bonds. The number of nitrogens with zero attached hydrogens (tertiary/aromatic N) is 3. The van der Waals surface area contributed by atoms with E-state index in [-0.39, 0.29) is 48.8 Å². The van der Waals surface area contributed by atoms with Gasteiger partial charge in [-0.15, -0.1) is 0 Å². The van der Waals surface area contributed by atoms with Gasteiger partial charge < -0.3 is 28.7 Å². The summed E-state index contributed by atoms with van der Waals surface area (Å²) in [5.41, 5.74) is 0.636. The van der Waals surface area contributed by atoms with Crippen molar-refractivity contribution in [2.24, 2.45) is 5.92 Å². The van der Waals surface area contributed by atoms with Crippen molar-refractivity contribution in [2.45, 2.75) is 50.6 Å². The Morgan fingerprint density at radius 2 is 1.79 bits per heavy atom. The number of hydrogen-bond acceptors (Lipinski definition) is 7. The summed E-state index contributed by atoms with van der Waals surface area (Å²) in [7, 11) is 6.62. The van der Waals surface area contributed by atoms with Crippen molar-refractivity contribution in [2.75, 3.05) is 48.0 Å². The SMILES string of the molecule is CO[C@H]1CC[C@@H]2CCN(C)C(=O)[C@H](C)[C@@H](OC)CN(C)C(=O)c3cc(C#N)ccc3OC[C@@H]1O2. The fraction of sp³-hybridized carbons (Fsp3) is 0.640. The van der Waals surface area contributed by atoms with Crippen molar-refractivity contribution < 1.29 is 28.5 Å². The first-order chi connectivity index (χ1) is 16.3. The average molecular weight is 474 g/mol. The van der Waals surface area contributed by atoms with Gasteiger partial charge in [0.25, 0.3) is 5.91 Å². The fourth-order valence-corrected chi connectivity index (χ4v) is 4.58. The molecule has 2 heterocycles. The number of carbonyl (C=O) groups is 2. The second-order valence-corrected chi connectivity index (χ2v) is 9.08. The number of methoxy groups -OCH3 is 2. The Kier molecular flexibility index (Phi) is 8.89. The van der Waals surface area contributed by atoms with Crippen LogP contribution in [0.1, 0.15) is 42.1 Å². The Morgan fingerprint density at radius 3 is 2.47 bits per heavy atom. The molecule has 0 unspecified atom stereocenters. The molecule has 2 aliphatic heterocycles. The first-order valence-corrected chi connectivity index (χ1v) is 11.7. The molecule has 9 nitrogen and oxygen atoms in total. The predicted octanol–water partition coefficient (Wildman–Crippen LogP) is 2.08. The lowest BCUT2D eigenvalue weighted by Gasteiger charge is -2.37. The molecule has 0 aromatic heterocycles. The van der Waals surface area contributed by atoms with Crippen LogP contribution in [0.5, 0.6) is 5.75 Å². The van der Waals surface area contributed by atoms with Crippen LogP contribution < -0.4 is 4.74 Å². The van der Waals surface area contributed by atoms with Gasteiger partial charge in [0.2, 0.25) is 5.91 Å². The van der Waals surface area contributed by atoms with E-state index in [1.54, 1.807) is 38.2 Å². The molecule has 0 saturated carbocycles. The third-order valence-electron chi connectivity index (χ3n) is 6.81. The molecule has 0 aliphatic carbocycles. The monoisotopic (exact) mass is 473 g/mol. The van der Waals surface area contributed by atoms with E-state index in [1.165, 1.54) is 18.1 Å². The van der Waals surface area contributed by atoms with Crippen molar-refractivity contribution in [1.29, 1.82) is 5.26 Å². The maximum absolute atomic E-state index is 13.4. The van der Waals surface area contributed by atoms with Crippen molar-refractivity contribution in [3.05, 3.63) is 29.3 Å². The van der Waals surface area contributed by atoms with Gasteiger partial charge in [0.15, 0.2) is 0 Å². The molecule has 1 fully saturated rings. The third kappa shape index (κ3) is 5.87. The number of rotatable bonds is 2. The highest BCUT2D eigenvalue weighted by Gasteiger charge is 2.34. The number of likely N-dealkylation sites (N-methyl/N-ethyl adjacent to an activating group) is 1. The Hall–Kier alpha value is -2.67. The quantitative estimate of drug-likeness (QED) is 0.648. The van der Waals surface area contributed by atoms with Crippen LogP contribution in [0, 0.1) is 17.2 Å². The number of fused-ring (bicyclic) bond motifs is 3. The lowest BCUT2D eigenvalue weighted by molar-refractivity contribution is -0.147. The molecule has 1 aromatic carbocycles. The van der Waals surface area contributed by atoms with Crippen LogP contribution in [0.4, 0.5) is 0 Å². The summed E-state index contributed by atoms with van der Waals surface area (Å²) < 4.78 is 23.6. The zero-order chi connectivity index (χ0) is 24.8. The van der Waals surface area contributed by atoms with Crippen LogP contribution >= 0.6 is 0 Å². The summed E-state index contributed by atoms with van der Waals surface area (Å²) in [5, 5.41) is 9.36. The van der Waals surface area contributed by atoms with Crippen LogP contribution in [0.3, 0.4) is 0 Å². The van der Waals surface area contributed by atoms with E-state index in [9.17, 15) is 14.9 Å². The minimum absolute atomic E-state index is 0.0233. The first-order valence-electron chi connectivity index (χ1n) is 11.7. The highest BCUT2D eigenvalue weighted by molar-refractivity contribution is 5.97. The molecule has 34 heavy (non-hydrogen) atoms. The molecule has 0 spiro atoms. The van der Waals surface area contributed by atoms with E-state index in [2.05, 4.69) is 6.07 Å². The van der Waals surface area contributed by atoms with E-state index in [4.69, 9.17) is 18.9 Å². The molecule has 1 aromatic rings. The molecule has 3 rings (SSSR count). The largest absolute Gasteiger partial charge is 0.490 e. The van der Waals surface area contributed by atoms with E-state index < -0.39 is 12.0 Å². The summed E-state index contributed by atoms with van der Waals surface area (Å²) in [6.45, 7) is 2.80. The van der Waals surface area contributed by atoms with Gasteiger partial charge >= 0.3 is 0 Å². The number of benzene rings is 1. The Morgan fingerprint density at radius 1 is 1.06 bits per heavy atom. The topological polar surface area (TPSA) is 101 Å². The van der Waals surface area contributed by atoms with E-state index in [0.717, 1.165) is 12.8 Å². The molecule has 0 radical (unpaired) electrons. The zero-order valence-corrected chi connectivity index (χ0v) is 20.7. The van der Waals surface area contributed by atoms with E-state index in [0.29, 0.717) is 24.3 Å². The van der Waals surface area contributed by atoms with Crippen LogP contribution in [0.2, 0.25) is 0 Å². The van der Waals surface area contributed by atoms with Crippen molar-refractivity contribution >= 4 is 11.8 Å². The van der Waals surface area contributed by atoms with Crippen molar-refractivity contribution in [3.8, 4) is 11.8 Å². The molecular formula is C25H35N3O6. The molecule has 9 heteroatoms. The summed E-state index contributed by atoms with van der Waals surface area (Å²) in [6.07, 6.45) is 1.40. The van der Waals surface area contributed by atoms with E-state index >= 15 is 0 Å². The minimum Gasteiger partial charge on any atom is -0.490 e. The van der Waals surface area contributed by atoms with E-state index in [1.807, 2.05) is 6.92 Å². The van der Waals surface area contributed by atoms with Gasteiger partial charge in [-0.2, -0.15) is 5.26 Å². The highest BCUT2D eigenvalue weighted by atomic mass is 16.6.